The largest absolute Gasteiger partial charge is 0.341 e. The van der Waals surface area contributed by atoms with Crippen LogP contribution in [0, 0.1) is 0 Å². The van der Waals surface area contributed by atoms with E-state index < -0.39 is 0 Å². The molecule has 7 heteroatoms. The first-order valence-corrected chi connectivity index (χ1v) is 11.0. The average molecular weight is 389 g/mol. The van der Waals surface area contributed by atoms with Crippen LogP contribution in [-0.2, 0) is 9.59 Å². The van der Waals surface area contributed by atoms with Crippen molar-refractivity contribution in [2.24, 2.45) is 0 Å². The number of nitrogens with zero attached hydrogens (tertiary/aromatic N) is 3. The highest BCUT2D eigenvalue weighted by atomic mass is 32.2. The summed E-state index contributed by atoms with van der Waals surface area (Å²) < 4.78 is 0. The summed E-state index contributed by atoms with van der Waals surface area (Å²) in [5.41, 5.74) is 0.992. The van der Waals surface area contributed by atoms with Crippen LogP contribution in [0.15, 0.2) is 29.2 Å². The molecule has 1 aromatic rings. The molecular weight excluding hydrogens is 360 g/mol. The highest BCUT2D eigenvalue weighted by Crippen LogP contribution is 2.34. The van der Waals surface area contributed by atoms with Gasteiger partial charge >= 0.3 is 0 Å². The van der Waals surface area contributed by atoms with Crippen molar-refractivity contribution in [2.75, 3.05) is 56.5 Å². The van der Waals surface area contributed by atoms with Crippen LogP contribution in [0.5, 0.6) is 0 Å². The van der Waals surface area contributed by atoms with Gasteiger partial charge in [0.05, 0.1) is 5.69 Å². The molecule has 3 aliphatic rings. The fourth-order valence-corrected chi connectivity index (χ4v) is 5.24. The molecule has 0 aliphatic carbocycles. The molecule has 146 valence electrons. The van der Waals surface area contributed by atoms with Crippen LogP contribution in [0.1, 0.15) is 19.3 Å². The highest BCUT2D eigenvalue weighted by molar-refractivity contribution is 7.99. The van der Waals surface area contributed by atoms with Crippen LogP contribution in [0.4, 0.5) is 5.69 Å². The fraction of sp³-hybridized carbons (Fsp3) is 0.600. The summed E-state index contributed by atoms with van der Waals surface area (Å²) in [5.74, 6) is 1.10. The van der Waals surface area contributed by atoms with Gasteiger partial charge in [0.15, 0.2) is 0 Å². The van der Waals surface area contributed by atoms with Crippen molar-refractivity contribution in [1.82, 2.24) is 15.1 Å². The van der Waals surface area contributed by atoms with Crippen LogP contribution in [0.25, 0.3) is 0 Å². The molecule has 0 spiro atoms. The van der Waals surface area contributed by atoms with Gasteiger partial charge < -0.3 is 15.1 Å². The number of amides is 2. The normalized spacial score (nSPS) is 23.3. The van der Waals surface area contributed by atoms with E-state index in [2.05, 4.69) is 16.3 Å². The Kier molecular flexibility index (Phi) is 6.00. The van der Waals surface area contributed by atoms with Gasteiger partial charge in [-0.3, -0.25) is 14.5 Å². The molecule has 1 unspecified atom stereocenters. The second-order valence-corrected chi connectivity index (χ2v) is 8.57. The van der Waals surface area contributed by atoms with Crippen LogP contribution < -0.4 is 10.2 Å². The summed E-state index contributed by atoms with van der Waals surface area (Å²) in [4.78, 5) is 32.8. The molecule has 1 N–H and O–H groups in total. The van der Waals surface area contributed by atoms with Crippen molar-refractivity contribution in [1.29, 1.82) is 0 Å². The van der Waals surface area contributed by atoms with E-state index in [0.717, 1.165) is 68.6 Å². The maximum Gasteiger partial charge on any atom is 0.227 e. The smallest absolute Gasteiger partial charge is 0.227 e. The lowest BCUT2D eigenvalue weighted by molar-refractivity contribution is -0.132. The van der Waals surface area contributed by atoms with Crippen molar-refractivity contribution in [2.45, 2.75) is 30.2 Å². The minimum atomic E-state index is 0.0638. The number of fused-ring (bicyclic) bond motifs is 1. The Bertz CT molecular complexity index is 692. The van der Waals surface area contributed by atoms with Crippen molar-refractivity contribution in [3.8, 4) is 0 Å². The number of hydrogen-bond donors (Lipinski definition) is 1. The minimum absolute atomic E-state index is 0.0638. The van der Waals surface area contributed by atoms with E-state index in [1.807, 2.05) is 28.0 Å². The van der Waals surface area contributed by atoms with E-state index in [1.54, 1.807) is 11.8 Å². The molecule has 2 amide bonds. The predicted molar refractivity (Wildman–Crippen MR) is 108 cm³/mol. The monoisotopic (exact) mass is 388 g/mol. The standard InChI is InChI=1S/C20H28N4O2S/c25-19(23-10-7-16(15-23)22-11-8-21-9-12-22)5-6-20(26)24-13-14-27-18-4-2-1-3-17(18)24/h1-4,16,21H,5-15H2. The van der Waals surface area contributed by atoms with Gasteiger partial charge in [-0.25, -0.2) is 0 Å². The lowest BCUT2D eigenvalue weighted by Crippen LogP contribution is -2.49. The lowest BCUT2D eigenvalue weighted by atomic mass is 10.2. The SMILES string of the molecule is O=C(CCC(=O)N1CCSc2ccccc21)N1CCC(N2CCNCC2)C1. The van der Waals surface area contributed by atoms with Crippen LogP contribution in [-0.4, -0.2) is 79.2 Å². The van der Waals surface area contributed by atoms with Gasteiger partial charge in [0.2, 0.25) is 11.8 Å². The lowest BCUT2D eigenvalue weighted by Gasteiger charge is -2.32. The Morgan fingerprint density at radius 3 is 2.67 bits per heavy atom. The minimum Gasteiger partial charge on any atom is -0.341 e. The molecule has 2 saturated heterocycles. The first-order chi connectivity index (χ1) is 13.2. The van der Waals surface area contributed by atoms with Gasteiger partial charge in [0.25, 0.3) is 0 Å². The number of carbonyl (C=O) groups excluding carboxylic acids is 2. The van der Waals surface area contributed by atoms with E-state index in [4.69, 9.17) is 0 Å². The maximum absolute atomic E-state index is 12.7. The van der Waals surface area contributed by atoms with Crippen LogP contribution >= 0.6 is 11.8 Å². The Morgan fingerprint density at radius 1 is 1.04 bits per heavy atom. The number of thioether (sulfide) groups is 1. The quantitative estimate of drug-likeness (QED) is 0.845. The molecule has 4 rings (SSSR count). The van der Waals surface area contributed by atoms with Gasteiger partial charge in [-0.15, -0.1) is 11.8 Å². The Hall–Kier alpha value is -1.57. The van der Waals surface area contributed by atoms with E-state index in [1.165, 1.54) is 0 Å². The zero-order chi connectivity index (χ0) is 18.6. The summed E-state index contributed by atoms with van der Waals surface area (Å²) in [5, 5.41) is 3.38. The molecule has 3 heterocycles. The Morgan fingerprint density at radius 2 is 1.81 bits per heavy atom. The topological polar surface area (TPSA) is 55.9 Å². The number of likely N-dealkylation sites (tertiary alicyclic amines) is 1. The molecule has 0 saturated carbocycles. The van der Waals surface area contributed by atoms with Gasteiger partial charge in [-0.2, -0.15) is 0 Å². The summed E-state index contributed by atoms with van der Waals surface area (Å²) in [6.45, 7) is 6.57. The van der Waals surface area contributed by atoms with Gasteiger partial charge in [-0.05, 0) is 18.6 Å². The van der Waals surface area contributed by atoms with E-state index in [-0.39, 0.29) is 11.8 Å². The second kappa shape index (κ2) is 8.63. The first-order valence-electron chi connectivity index (χ1n) is 9.97. The molecule has 1 aromatic carbocycles. The number of rotatable bonds is 4. The number of hydrogen-bond acceptors (Lipinski definition) is 5. The van der Waals surface area contributed by atoms with Crippen LogP contribution in [0.3, 0.4) is 0 Å². The van der Waals surface area contributed by atoms with E-state index in [9.17, 15) is 9.59 Å². The second-order valence-electron chi connectivity index (χ2n) is 7.43. The third-order valence-corrected chi connectivity index (χ3v) is 6.81. The maximum atomic E-state index is 12.7. The zero-order valence-electron chi connectivity index (χ0n) is 15.7. The number of benzene rings is 1. The number of anilines is 1. The summed E-state index contributed by atoms with van der Waals surface area (Å²) in [7, 11) is 0. The number of para-hydroxylation sites is 1. The Balaban J connectivity index is 1.28. The number of nitrogens with one attached hydrogen (secondary N) is 1. The highest BCUT2D eigenvalue weighted by Gasteiger charge is 2.31. The molecule has 3 aliphatic heterocycles. The van der Waals surface area contributed by atoms with E-state index in [0.29, 0.717) is 18.9 Å². The van der Waals surface area contributed by atoms with E-state index >= 15 is 0 Å². The Labute approximate surface area is 165 Å². The summed E-state index contributed by atoms with van der Waals surface area (Å²) >= 11 is 1.79. The van der Waals surface area contributed by atoms with Crippen molar-refractivity contribution >= 4 is 29.3 Å². The number of carbonyl (C=O) groups is 2. The summed E-state index contributed by atoms with van der Waals surface area (Å²) in [6.07, 6.45) is 1.67. The molecule has 0 aromatic heterocycles. The zero-order valence-corrected chi connectivity index (χ0v) is 16.5. The molecule has 2 fully saturated rings. The molecular formula is C20H28N4O2S. The summed E-state index contributed by atoms with van der Waals surface area (Å²) in [6, 6.07) is 8.52. The fourth-order valence-electron chi connectivity index (χ4n) is 4.25. The molecule has 6 nitrogen and oxygen atoms in total. The van der Waals surface area contributed by atoms with Gasteiger partial charge in [0.1, 0.15) is 0 Å². The molecule has 27 heavy (non-hydrogen) atoms. The third kappa shape index (κ3) is 4.31. The predicted octanol–water partition coefficient (Wildman–Crippen LogP) is 1.41. The molecule has 0 bridgehead atoms. The molecule has 1 atom stereocenters. The van der Waals surface area contributed by atoms with Crippen molar-refractivity contribution in [3.05, 3.63) is 24.3 Å². The van der Waals surface area contributed by atoms with Gasteiger partial charge in [-0.1, -0.05) is 12.1 Å². The number of piperazine rings is 1. The third-order valence-electron chi connectivity index (χ3n) is 5.77. The first kappa shape index (κ1) is 18.8. The van der Waals surface area contributed by atoms with Crippen molar-refractivity contribution in [3.63, 3.8) is 0 Å². The van der Waals surface area contributed by atoms with Crippen molar-refractivity contribution < 1.29 is 9.59 Å². The van der Waals surface area contributed by atoms with Gasteiger partial charge in [0, 0.05) is 75.3 Å². The average Bonchev–Trinajstić information content (AvgIpc) is 3.22. The van der Waals surface area contributed by atoms with Crippen LogP contribution in [0.2, 0.25) is 0 Å². The molecule has 0 radical (unpaired) electrons.